The first-order valence-corrected chi connectivity index (χ1v) is 9.55. The average molecular weight is 386 g/mol. The number of nitrogens with one attached hydrogen (secondary N) is 1. The lowest BCUT2D eigenvalue weighted by Gasteiger charge is -2.05. The van der Waals surface area contributed by atoms with Crippen LogP contribution < -0.4 is 5.32 Å². The van der Waals surface area contributed by atoms with E-state index in [9.17, 15) is 4.79 Å². The van der Waals surface area contributed by atoms with Crippen LogP contribution in [0, 0.1) is 0 Å². The number of benzene rings is 1. The number of thiophene rings is 1. The molecule has 136 valence electrons. The first-order chi connectivity index (χ1) is 13.8. The van der Waals surface area contributed by atoms with Crippen molar-refractivity contribution in [2.45, 2.75) is 6.54 Å². The first-order valence-electron chi connectivity index (χ1n) is 8.67. The van der Waals surface area contributed by atoms with Crippen molar-refractivity contribution < 1.29 is 4.79 Å². The van der Waals surface area contributed by atoms with Gasteiger partial charge in [0.05, 0.1) is 16.9 Å². The number of amides is 1. The lowest BCUT2D eigenvalue weighted by molar-refractivity contribution is 0.0945. The summed E-state index contributed by atoms with van der Waals surface area (Å²) in [5.74, 6) is 0.291. The molecule has 0 spiro atoms. The number of carbonyl (C=O) groups is 1. The molecular formula is C20H14N6OS. The number of fused-ring (bicyclic) bond motifs is 2. The highest BCUT2D eigenvalue weighted by atomic mass is 32.1. The Morgan fingerprint density at radius 2 is 1.93 bits per heavy atom. The van der Waals surface area contributed by atoms with Gasteiger partial charge in [-0.05, 0) is 35.7 Å². The van der Waals surface area contributed by atoms with E-state index in [1.165, 1.54) is 0 Å². The van der Waals surface area contributed by atoms with Gasteiger partial charge >= 0.3 is 0 Å². The molecule has 0 aliphatic heterocycles. The van der Waals surface area contributed by atoms with Crippen LogP contribution >= 0.6 is 11.3 Å². The van der Waals surface area contributed by atoms with E-state index in [0.717, 1.165) is 21.5 Å². The molecule has 0 atom stereocenters. The van der Waals surface area contributed by atoms with Crippen molar-refractivity contribution in [1.82, 2.24) is 30.1 Å². The van der Waals surface area contributed by atoms with E-state index >= 15 is 0 Å². The van der Waals surface area contributed by atoms with E-state index in [-0.39, 0.29) is 12.5 Å². The van der Waals surface area contributed by atoms with Gasteiger partial charge in [-0.3, -0.25) is 4.79 Å². The molecule has 0 saturated carbocycles. The second kappa shape index (κ2) is 6.82. The van der Waals surface area contributed by atoms with Crippen LogP contribution in [-0.2, 0) is 6.54 Å². The van der Waals surface area contributed by atoms with Crippen LogP contribution in [0.5, 0.6) is 0 Å². The Balaban J connectivity index is 1.39. The van der Waals surface area contributed by atoms with E-state index < -0.39 is 0 Å². The number of nitrogens with zero attached hydrogens (tertiary/aromatic N) is 5. The maximum Gasteiger partial charge on any atom is 0.270 e. The molecule has 0 bridgehead atoms. The fourth-order valence-electron chi connectivity index (χ4n) is 2.94. The van der Waals surface area contributed by atoms with E-state index in [0.29, 0.717) is 17.2 Å². The van der Waals surface area contributed by atoms with Gasteiger partial charge in [-0.15, -0.1) is 21.5 Å². The molecule has 1 amide bonds. The molecule has 0 aliphatic rings. The minimum atomic E-state index is -0.267. The molecule has 4 aromatic heterocycles. The Morgan fingerprint density at radius 1 is 1.00 bits per heavy atom. The summed E-state index contributed by atoms with van der Waals surface area (Å²) in [5, 5.41) is 18.7. The predicted molar refractivity (Wildman–Crippen MR) is 107 cm³/mol. The van der Waals surface area contributed by atoms with Crippen molar-refractivity contribution in [1.29, 1.82) is 0 Å². The van der Waals surface area contributed by atoms with Crippen molar-refractivity contribution in [3.8, 4) is 10.6 Å². The molecule has 0 radical (unpaired) electrons. The molecule has 28 heavy (non-hydrogen) atoms. The van der Waals surface area contributed by atoms with Gasteiger partial charge in [0.2, 0.25) is 0 Å². The summed E-state index contributed by atoms with van der Waals surface area (Å²) < 4.78 is 1.66. The van der Waals surface area contributed by atoms with Gasteiger partial charge in [-0.25, -0.2) is 4.98 Å². The van der Waals surface area contributed by atoms with Crippen LogP contribution in [-0.4, -0.2) is 30.7 Å². The SMILES string of the molecule is O=C(NCc1nnc2ccc(-c3cccs3)nn12)c1ccc2ccccc2n1. The standard InChI is InChI=1S/C20H14N6OS/c27-20(16-8-7-13-4-1-2-5-14(13)22-16)21-12-19-24-23-18-10-9-15(25-26(18)19)17-6-3-11-28-17/h1-11H,12H2,(H,21,27). The number of rotatable bonds is 4. The van der Waals surface area contributed by atoms with Crippen LogP contribution in [0.2, 0.25) is 0 Å². The Morgan fingerprint density at radius 3 is 2.82 bits per heavy atom. The zero-order valence-electron chi connectivity index (χ0n) is 14.6. The summed E-state index contributed by atoms with van der Waals surface area (Å²) in [7, 11) is 0. The number of carbonyl (C=O) groups excluding carboxylic acids is 1. The second-order valence-electron chi connectivity index (χ2n) is 6.15. The molecular weight excluding hydrogens is 372 g/mol. The lowest BCUT2D eigenvalue weighted by atomic mass is 10.2. The largest absolute Gasteiger partial charge is 0.343 e. The van der Waals surface area contributed by atoms with E-state index in [4.69, 9.17) is 0 Å². The number of hydrogen-bond acceptors (Lipinski definition) is 6. The number of pyridine rings is 1. The monoisotopic (exact) mass is 386 g/mol. The molecule has 4 heterocycles. The molecule has 0 aliphatic carbocycles. The zero-order valence-corrected chi connectivity index (χ0v) is 15.4. The van der Waals surface area contributed by atoms with Gasteiger partial charge in [0.15, 0.2) is 11.5 Å². The van der Waals surface area contributed by atoms with Crippen LogP contribution in [0.25, 0.3) is 27.1 Å². The highest BCUT2D eigenvalue weighted by molar-refractivity contribution is 7.13. The number of hydrogen-bond donors (Lipinski definition) is 1. The molecule has 0 fully saturated rings. The minimum Gasteiger partial charge on any atom is -0.343 e. The summed E-state index contributed by atoms with van der Waals surface area (Å²) in [4.78, 5) is 18.0. The fraction of sp³-hybridized carbons (Fsp3) is 0.0500. The van der Waals surface area contributed by atoms with Crippen molar-refractivity contribution in [3.05, 3.63) is 77.6 Å². The molecule has 5 aromatic rings. The quantitative estimate of drug-likeness (QED) is 0.512. The maximum atomic E-state index is 12.5. The Labute approximate surface area is 163 Å². The van der Waals surface area contributed by atoms with Crippen molar-refractivity contribution in [3.63, 3.8) is 0 Å². The van der Waals surface area contributed by atoms with E-state index in [2.05, 4.69) is 25.6 Å². The van der Waals surface area contributed by atoms with Crippen LogP contribution in [0.15, 0.2) is 66.0 Å². The van der Waals surface area contributed by atoms with Crippen molar-refractivity contribution in [2.75, 3.05) is 0 Å². The summed E-state index contributed by atoms with van der Waals surface area (Å²) in [6.07, 6.45) is 0. The zero-order chi connectivity index (χ0) is 18.9. The van der Waals surface area contributed by atoms with E-state index in [1.54, 1.807) is 21.9 Å². The Hall–Kier alpha value is -3.65. The van der Waals surface area contributed by atoms with Crippen LogP contribution in [0.4, 0.5) is 0 Å². The maximum absolute atomic E-state index is 12.5. The topological polar surface area (TPSA) is 85.1 Å². The smallest absolute Gasteiger partial charge is 0.270 e. The number of aromatic nitrogens is 5. The third-order valence-electron chi connectivity index (χ3n) is 4.34. The van der Waals surface area contributed by atoms with Gasteiger partial charge in [0.25, 0.3) is 5.91 Å². The lowest BCUT2D eigenvalue weighted by Crippen LogP contribution is -2.25. The summed E-state index contributed by atoms with van der Waals surface area (Å²) in [6, 6.07) is 19.1. The highest BCUT2D eigenvalue weighted by Gasteiger charge is 2.12. The normalized spacial score (nSPS) is 11.1. The molecule has 1 aromatic carbocycles. The van der Waals surface area contributed by atoms with Crippen LogP contribution in [0.3, 0.4) is 0 Å². The predicted octanol–water partition coefficient (Wildman–Crippen LogP) is 3.33. The molecule has 5 rings (SSSR count). The Kier molecular flexibility index (Phi) is 4.02. The van der Waals surface area contributed by atoms with Crippen molar-refractivity contribution >= 4 is 33.8 Å². The minimum absolute atomic E-state index is 0.204. The van der Waals surface area contributed by atoms with Gasteiger partial charge in [-0.2, -0.15) is 9.61 Å². The van der Waals surface area contributed by atoms with Gasteiger partial charge in [0, 0.05) is 5.39 Å². The number of para-hydroxylation sites is 1. The summed E-state index contributed by atoms with van der Waals surface area (Å²) in [6.45, 7) is 0.204. The van der Waals surface area contributed by atoms with Crippen molar-refractivity contribution in [2.24, 2.45) is 0 Å². The van der Waals surface area contributed by atoms with Gasteiger partial charge in [0.1, 0.15) is 11.4 Å². The molecule has 1 N–H and O–H groups in total. The highest BCUT2D eigenvalue weighted by Crippen LogP contribution is 2.22. The molecule has 0 saturated heterocycles. The fourth-order valence-corrected chi connectivity index (χ4v) is 3.63. The molecule has 0 unspecified atom stereocenters. The van der Waals surface area contributed by atoms with Crippen LogP contribution in [0.1, 0.15) is 16.3 Å². The third-order valence-corrected chi connectivity index (χ3v) is 5.23. The Bertz CT molecular complexity index is 1290. The van der Waals surface area contributed by atoms with Gasteiger partial charge in [-0.1, -0.05) is 30.3 Å². The second-order valence-corrected chi connectivity index (χ2v) is 7.10. The van der Waals surface area contributed by atoms with Gasteiger partial charge < -0.3 is 5.32 Å². The summed E-state index contributed by atoms with van der Waals surface area (Å²) in [5.41, 5.74) is 2.62. The molecule has 8 heteroatoms. The summed E-state index contributed by atoms with van der Waals surface area (Å²) >= 11 is 1.61. The average Bonchev–Trinajstić information content (AvgIpc) is 3.41. The third kappa shape index (κ3) is 2.99. The first kappa shape index (κ1) is 16.5. The molecule has 7 nitrogen and oxygen atoms in total. The van der Waals surface area contributed by atoms with E-state index in [1.807, 2.05) is 60.0 Å².